The van der Waals surface area contributed by atoms with Crippen LogP contribution in [0, 0.1) is 0 Å². The standard InChI is InChI=1S/C10H14N2O5S/c1-4-18(16,17)10(15)8-7(9(13)14)5-11-12(8)6(2)3/h5-6H,4H2,1-3H3,(H,13,14). The maximum atomic E-state index is 11.9. The van der Waals surface area contributed by atoms with Crippen molar-refractivity contribution >= 4 is 20.9 Å². The maximum Gasteiger partial charge on any atom is 0.339 e. The summed E-state index contributed by atoms with van der Waals surface area (Å²) in [6.45, 7) is 4.67. The molecule has 1 heterocycles. The van der Waals surface area contributed by atoms with Gasteiger partial charge in [-0.05, 0) is 13.8 Å². The van der Waals surface area contributed by atoms with Crippen molar-refractivity contribution in [2.24, 2.45) is 0 Å². The zero-order valence-corrected chi connectivity index (χ0v) is 11.1. The van der Waals surface area contributed by atoms with E-state index in [1.807, 2.05) is 0 Å². The first kappa shape index (κ1) is 14.4. The second-order valence-electron chi connectivity index (χ2n) is 3.94. The van der Waals surface area contributed by atoms with Gasteiger partial charge in [0.25, 0.3) is 5.12 Å². The van der Waals surface area contributed by atoms with E-state index in [1.54, 1.807) is 13.8 Å². The molecule has 0 aliphatic heterocycles. The quantitative estimate of drug-likeness (QED) is 0.867. The van der Waals surface area contributed by atoms with Gasteiger partial charge in [-0.1, -0.05) is 6.92 Å². The first-order valence-corrected chi connectivity index (χ1v) is 6.95. The number of nitrogens with zero attached hydrogens (tertiary/aromatic N) is 2. The molecule has 0 bridgehead atoms. The van der Waals surface area contributed by atoms with Crippen LogP contribution in [0.4, 0.5) is 0 Å². The number of hydrogen-bond acceptors (Lipinski definition) is 5. The lowest BCUT2D eigenvalue weighted by Crippen LogP contribution is -2.24. The third-order valence-electron chi connectivity index (χ3n) is 2.37. The van der Waals surface area contributed by atoms with Crippen LogP contribution in [0.3, 0.4) is 0 Å². The van der Waals surface area contributed by atoms with Crippen LogP contribution in [0.5, 0.6) is 0 Å². The fourth-order valence-corrected chi connectivity index (χ4v) is 2.15. The van der Waals surface area contributed by atoms with E-state index in [1.165, 1.54) is 6.92 Å². The van der Waals surface area contributed by atoms with Crippen molar-refractivity contribution in [1.82, 2.24) is 9.78 Å². The van der Waals surface area contributed by atoms with Crippen LogP contribution in [-0.4, -0.2) is 40.1 Å². The number of carbonyl (C=O) groups excluding carboxylic acids is 1. The van der Waals surface area contributed by atoms with E-state index in [0.717, 1.165) is 10.9 Å². The van der Waals surface area contributed by atoms with Gasteiger partial charge in [0.2, 0.25) is 9.84 Å². The Morgan fingerprint density at radius 3 is 2.39 bits per heavy atom. The Labute approximate surface area is 104 Å². The molecule has 1 aromatic heterocycles. The Hall–Kier alpha value is -1.70. The highest BCUT2D eigenvalue weighted by molar-refractivity contribution is 8.06. The lowest BCUT2D eigenvalue weighted by Gasteiger charge is -2.10. The van der Waals surface area contributed by atoms with E-state index in [9.17, 15) is 18.0 Å². The van der Waals surface area contributed by atoms with Crippen LogP contribution in [-0.2, 0) is 9.84 Å². The molecule has 0 amide bonds. The summed E-state index contributed by atoms with van der Waals surface area (Å²) in [5, 5.41) is 11.5. The second-order valence-corrected chi connectivity index (χ2v) is 6.12. The minimum atomic E-state index is -4.00. The third kappa shape index (κ3) is 2.42. The molecule has 0 saturated carbocycles. The molecule has 0 saturated heterocycles. The molecule has 1 rings (SSSR count). The van der Waals surface area contributed by atoms with Gasteiger partial charge < -0.3 is 5.11 Å². The monoisotopic (exact) mass is 274 g/mol. The molecule has 0 atom stereocenters. The van der Waals surface area contributed by atoms with Crippen LogP contribution < -0.4 is 0 Å². The van der Waals surface area contributed by atoms with E-state index >= 15 is 0 Å². The lowest BCUT2D eigenvalue weighted by molar-refractivity contribution is 0.0693. The number of aromatic carboxylic acids is 1. The summed E-state index contributed by atoms with van der Waals surface area (Å²) < 4.78 is 24.2. The van der Waals surface area contributed by atoms with Gasteiger partial charge in [0.15, 0.2) is 0 Å². The van der Waals surface area contributed by atoms with Crippen molar-refractivity contribution in [2.75, 3.05) is 5.75 Å². The number of carbonyl (C=O) groups is 2. The number of sulfone groups is 1. The Kier molecular flexibility index (Phi) is 3.90. The van der Waals surface area contributed by atoms with E-state index in [-0.39, 0.29) is 17.5 Å². The molecule has 7 nitrogen and oxygen atoms in total. The van der Waals surface area contributed by atoms with Crippen LogP contribution in [0.15, 0.2) is 6.20 Å². The molecule has 0 aromatic carbocycles. The normalized spacial score (nSPS) is 11.8. The van der Waals surface area contributed by atoms with Gasteiger partial charge in [0.05, 0.1) is 11.9 Å². The molecule has 1 aromatic rings. The Morgan fingerprint density at radius 1 is 1.44 bits per heavy atom. The summed E-state index contributed by atoms with van der Waals surface area (Å²) in [4.78, 5) is 22.9. The van der Waals surface area contributed by atoms with Gasteiger partial charge in [-0.3, -0.25) is 9.48 Å². The SMILES string of the molecule is CCS(=O)(=O)C(=O)c1c(C(=O)O)cnn1C(C)C. The van der Waals surface area contributed by atoms with E-state index in [4.69, 9.17) is 5.11 Å². The molecule has 100 valence electrons. The first-order valence-electron chi connectivity index (χ1n) is 5.30. The number of carboxylic acids is 1. The molecular weight excluding hydrogens is 260 g/mol. The minimum Gasteiger partial charge on any atom is -0.478 e. The molecule has 0 radical (unpaired) electrons. The van der Waals surface area contributed by atoms with Gasteiger partial charge in [0.1, 0.15) is 11.3 Å². The smallest absolute Gasteiger partial charge is 0.339 e. The predicted octanol–water partition coefficient (Wildman–Crippen LogP) is 0.737. The van der Waals surface area contributed by atoms with Crippen LogP contribution in [0.1, 0.15) is 47.7 Å². The molecule has 0 unspecified atom stereocenters. The highest BCUT2D eigenvalue weighted by Gasteiger charge is 2.31. The summed E-state index contributed by atoms with van der Waals surface area (Å²) in [6.07, 6.45) is 0.987. The highest BCUT2D eigenvalue weighted by Crippen LogP contribution is 2.17. The molecule has 0 aliphatic carbocycles. The van der Waals surface area contributed by atoms with Crippen molar-refractivity contribution < 1.29 is 23.1 Å². The number of aromatic nitrogens is 2. The molecule has 0 fully saturated rings. The van der Waals surface area contributed by atoms with Gasteiger partial charge >= 0.3 is 5.97 Å². The first-order chi connectivity index (χ1) is 8.22. The van der Waals surface area contributed by atoms with Crippen LogP contribution in [0.2, 0.25) is 0 Å². The van der Waals surface area contributed by atoms with E-state index in [0.29, 0.717) is 0 Å². The zero-order valence-electron chi connectivity index (χ0n) is 10.2. The maximum absolute atomic E-state index is 11.9. The fourth-order valence-electron chi connectivity index (χ4n) is 1.39. The predicted molar refractivity (Wildman–Crippen MR) is 63.4 cm³/mol. The summed E-state index contributed by atoms with van der Waals surface area (Å²) in [6, 6.07) is -0.316. The number of carboxylic acid groups (broad SMARTS) is 1. The summed E-state index contributed by atoms with van der Waals surface area (Å²) in [5.41, 5.74) is -0.787. The van der Waals surface area contributed by atoms with Crippen LogP contribution in [0.25, 0.3) is 0 Å². The molecular formula is C10H14N2O5S. The zero-order chi connectivity index (χ0) is 14.1. The summed E-state index contributed by atoms with van der Waals surface area (Å²) in [5.74, 6) is -1.76. The molecule has 0 aliphatic rings. The molecule has 1 N–H and O–H groups in total. The van der Waals surface area contributed by atoms with Crippen LogP contribution >= 0.6 is 0 Å². The van der Waals surface area contributed by atoms with E-state index in [2.05, 4.69) is 5.10 Å². The number of rotatable bonds is 4. The largest absolute Gasteiger partial charge is 0.478 e. The van der Waals surface area contributed by atoms with Gasteiger partial charge in [-0.2, -0.15) is 5.10 Å². The second kappa shape index (κ2) is 4.89. The average molecular weight is 274 g/mol. The summed E-state index contributed by atoms with van der Waals surface area (Å²) in [7, 11) is -4.00. The van der Waals surface area contributed by atoms with Crippen molar-refractivity contribution in [1.29, 1.82) is 0 Å². The molecule has 8 heteroatoms. The average Bonchev–Trinajstić information content (AvgIpc) is 2.72. The minimum absolute atomic E-state index is 0.316. The van der Waals surface area contributed by atoms with E-state index < -0.39 is 26.5 Å². The van der Waals surface area contributed by atoms with Gasteiger partial charge in [0, 0.05) is 6.04 Å². The van der Waals surface area contributed by atoms with Crippen molar-refractivity contribution in [2.45, 2.75) is 26.8 Å². The Balaban J connectivity index is 3.51. The van der Waals surface area contributed by atoms with Crippen molar-refractivity contribution in [3.05, 3.63) is 17.5 Å². The molecule has 0 spiro atoms. The highest BCUT2D eigenvalue weighted by atomic mass is 32.2. The Bertz CT molecular complexity index is 585. The summed E-state index contributed by atoms with van der Waals surface area (Å²) >= 11 is 0. The van der Waals surface area contributed by atoms with Gasteiger partial charge in [-0.15, -0.1) is 0 Å². The topological polar surface area (TPSA) is 106 Å². The third-order valence-corrected chi connectivity index (χ3v) is 3.89. The van der Waals surface area contributed by atoms with Gasteiger partial charge in [-0.25, -0.2) is 13.2 Å². The number of hydrogen-bond donors (Lipinski definition) is 1. The fraction of sp³-hybridized carbons (Fsp3) is 0.500. The lowest BCUT2D eigenvalue weighted by atomic mass is 10.2. The van der Waals surface area contributed by atoms with Crippen molar-refractivity contribution in [3.8, 4) is 0 Å². The van der Waals surface area contributed by atoms with Crippen molar-refractivity contribution in [3.63, 3.8) is 0 Å². The molecule has 18 heavy (non-hydrogen) atoms. The Morgan fingerprint density at radius 2 is 2.00 bits per heavy atom.